The quantitative estimate of drug-likeness (QED) is 0.557. The monoisotopic (exact) mass is 193 g/mol. The van der Waals surface area contributed by atoms with E-state index in [4.69, 9.17) is 6.42 Å². The summed E-state index contributed by atoms with van der Waals surface area (Å²) in [6, 6.07) is 5.69. The Morgan fingerprint density at radius 1 is 1.50 bits per heavy atom. The molecule has 1 heteroatoms. The van der Waals surface area contributed by atoms with Gasteiger partial charge in [0, 0.05) is 10.0 Å². The lowest BCUT2D eigenvalue weighted by Gasteiger charge is -1.96. The van der Waals surface area contributed by atoms with Crippen molar-refractivity contribution in [1.29, 1.82) is 0 Å². The molecule has 0 atom stereocenters. The standard InChI is InChI=1S/C9H6Br/c1-3-8-6-9(10)5-4-7(8)2/h1,4-6H,2H2. The van der Waals surface area contributed by atoms with E-state index < -0.39 is 0 Å². The molecule has 0 heterocycles. The number of terminal acetylenes is 1. The highest BCUT2D eigenvalue weighted by Gasteiger charge is 1.93. The third kappa shape index (κ3) is 1.40. The van der Waals surface area contributed by atoms with E-state index in [0.29, 0.717) is 0 Å². The van der Waals surface area contributed by atoms with Crippen LogP contribution in [0.3, 0.4) is 0 Å². The van der Waals surface area contributed by atoms with Crippen molar-refractivity contribution >= 4 is 15.9 Å². The molecule has 0 aromatic heterocycles. The number of hydrogen-bond acceptors (Lipinski definition) is 0. The summed E-state index contributed by atoms with van der Waals surface area (Å²) in [5, 5.41) is 0. The molecule has 0 nitrogen and oxygen atoms in total. The first kappa shape index (κ1) is 7.37. The maximum absolute atomic E-state index is 5.21. The minimum absolute atomic E-state index is 0.842. The second-order valence-electron chi connectivity index (χ2n) is 1.95. The molecule has 0 N–H and O–H groups in total. The summed E-state index contributed by atoms with van der Waals surface area (Å²) in [6.45, 7) is 3.77. The molecular weight excluding hydrogens is 188 g/mol. The van der Waals surface area contributed by atoms with Crippen LogP contribution < -0.4 is 0 Å². The number of benzene rings is 1. The smallest absolute Gasteiger partial charge is 0.0285 e. The van der Waals surface area contributed by atoms with Gasteiger partial charge in [0.05, 0.1) is 0 Å². The van der Waals surface area contributed by atoms with Crippen LogP contribution in [0.5, 0.6) is 0 Å². The Morgan fingerprint density at radius 2 is 2.20 bits per heavy atom. The van der Waals surface area contributed by atoms with Crippen LogP contribution in [0, 0.1) is 19.3 Å². The highest BCUT2D eigenvalue weighted by Crippen LogP contribution is 2.14. The lowest BCUT2D eigenvalue weighted by molar-refractivity contribution is 1.53. The summed E-state index contributed by atoms with van der Waals surface area (Å²) in [7, 11) is 0. The van der Waals surface area contributed by atoms with Crippen molar-refractivity contribution in [3.8, 4) is 12.3 Å². The second-order valence-corrected chi connectivity index (χ2v) is 2.86. The lowest BCUT2D eigenvalue weighted by Crippen LogP contribution is -1.79. The molecule has 0 saturated carbocycles. The maximum atomic E-state index is 5.21. The fraction of sp³-hybridized carbons (Fsp3) is 0. The molecular formula is C9H6Br. The fourth-order valence-electron chi connectivity index (χ4n) is 0.683. The largest absolute Gasteiger partial charge is 0.115 e. The van der Waals surface area contributed by atoms with Gasteiger partial charge in [-0.25, -0.2) is 0 Å². The summed E-state index contributed by atoms with van der Waals surface area (Å²) in [6.07, 6.45) is 5.21. The summed E-state index contributed by atoms with van der Waals surface area (Å²) in [5.74, 6) is 2.54. The Balaban J connectivity index is 3.25. The summed E-state index contributed by atoms with van der Waals surface area (Å²) >= 11 is 3.31. The van der Waals surface area contributed by atoms with Gasteiger partial charge >= 0.3 is 0 Å². The Kier molecular flexibility index (Phi) is 2.13. The van der Waals surface area contributed by atoms with E-state index in [2.05, 4.69) is 28.8 Å². The van der Waals surface area contributed by atoms with Gasteiger partial charge < -0.3 is 0 Å². The normalized spacial score (nSPS) is 8.90. The number of halogens is 1. The Morgan fingerprint density at radius 3 is 2.70 bits per heavy atom. The van der Waals surface area contributed by atoms with Gasteiger partial charge in [0.15, 0.2) is 0 Å². The van der Waals surface area contributed by atoms with E-state index in [-0.39, 0.29) is 0 Å². The minimum atomic E-state index is 0.842. The highest BCUT2D eigenvalue weighted by atomic mass is 79.9. The fourth-order valence-corrected chi connectivity index (χ4v) is 1.04. The average Bonchev–Trinajstić information content (AvgIpc) is 1.94. The Labute approximate surface area is 69.4 Å². The Bertz CT molecular complexity index is 281. The van der Waals surface area contributed by atoms with Crippen LogP contribution in [0.25, 0.3) is 0 Å². The van der Waals surface area contributed by atoms with Crippen molar-refractivity contribution in [2.45, 2.75) is 0 Å². The van der Waals surface area contributed by atoms with Gasteiger partial charge in [0.25, 0.3) is 0 Å². The number of hydrogen-bond donors (Lipinski definition) is 0. The van der Waals surface area contributed by atoms with Crippen molar-refractivity contribution in [1.82, 2.24) is 0 Å². The van der Waals surface area contributed by atoms with Crippen molar-refractivity contribution in [3.05, 3.63) is 40.7 Å². The van der Waals surface area contributed by atoms with Gasteiger partial charge in [0.1, 0.15) is 0 Å². The molecule has 0 aliphatic heterocycles. The first-order chi connectivity index (χ1) is 4.74. The number of rotatable bonds is 0. The van der Waals surface area contributed by atoms with E-state index in [9.17, 15) is 0 Å². The first-order valence-corrected chi connectivity index (χ1v) is 3.61. The van der Waals surface area contributed by atoms with Gasteiger partial charge in [-0.15, -0.1) is 6.42 Å². The molecule has 0 aliphatic carbocycles. The molecule has 0 fully saturated rings. The van der Waals surface area contributed by atoms with E-state index >= 15 is 0 Å². The van der Waals surface area contributed by atoms with E-state index in [1.165, 1.54) is 0 Å². The molecule has 0 unspecified atom stereocenters. The van der Waals surface area contributed by atoms with E-state index in [1.807, 2.05) is 18.2 Å². The third-order valence-corrected chi connectivity index (χ3v) is 1.72. The molecule has 1 radical (unpaired) electrons. The van der Waals surface area contributed by atoms with Gasteiger partial charge in [-0.3, -0.25) is 0 Å². The molecule has 1 aromatic rings. The SMILES string of the molecule is C#Cc1cc(Br)ccc1[CH2]. The molecule has 49 valence electrons. The van der Waals surface area contributed by atoms with Crippen LogP contribution in [-0.4, -0.2) is 0 Å². The molecule has 0 amide bonds. The molecule has 0 saturated heterocycles. The predicted molar refractivity (Wildman–Crippen MR) is 46.5 cm³/mol. The molecule has 0 bridgehead atoms. The van der Waals surface area contributed by atoms with Crippen LogP contribution in [0.15, 0.2) is 22.7 Å². The van der Waals surface area contributed by atoms with Gasteiger partial charge in [-0.05, 0) is 24.6 Å². The first-order valence-electron chi connectivity index (χ1n) is 2.82. The van der Waals surface area contributed by atoms with Crippen molar-refractivity contribution in [2.75, 3.05) is 0 Å². The van der Waals surface area contributed by atoms with E-state index in [0.717, 1.165) is 15.6 Å². The van der Waals surface area contributed by atoms with Crippen LogP contribution >= 0.6 is 15.9 Å². The van der Waals surface area contributed by atoms with Crippen LogP contribution in [0.2, 0.25) is 0 Å². The predicted octanol–water partition coefficient (Wildman–Crippen LogP) is 2.61. The zero-order valence-corrected chi connectivity index (χ0v) is 6.98. The Hall–Kier alpha value is -0.740. The van der Waals surface area contributed by atoms with Crippen LogP contribution in [0.4, 0.5) is 0 Å². The molecule has 0 spiro atoms. The summed E-state index contributed by atoms with van der Waals surface area (Å²) in [4.78, 5) is 0. The van der Waals surface area contributed by atoms with Crippen molar-refractivity contribution < 1.29 is 0 Å². The average molecular weight is 194 g/mol. The van der Waals surface area contributed by atoms with E-state index in [1.54, 1.807) is 0 Å². The second kappa shape index (κ2) is 2.90. The third-order valence-electron chi connectivity index (χ3n) is 1.23. The zero-order valence-electron chi connectivity index (χ0n) is 5.39. The topological polar surface area (TPSA) is 0 Å². The maximum Gasteiger partial charge on any atom is 0.0285 e. The lowest BCUT2D eigenvalue weighted by atomic mass is 10.1. The van der Waals surface area contributed by atoms with Crippen molar-refractivity contribution in [3.63, 3.8) is 0 Å². The molecule has 10 heavy (non-hydrogen) atoms. The molecule has 0 aliphatic rings. The summed E-state index contributed by atoms with van der Waals surface area (Å²) in [5.41, 5.74) is 1.74. The molecule has 1 rings (SSSR count). The van der Waals surface area contributed by atoms with Crippen LogP contribution in [0.1, 0.15) is 11.1 Å². The van der Waals surface area contributed by atoms with Crippen LogP contribution in [-0.2, 0) is 0 Å². The van der Waals surface area contributed by atoms with Gasteiger partial charge in [-0.1, -0.05) is 27.9 Å². The van der Waals surface area contributed by atoms with Gasteiger partial charge in [-0.2, -0.15) is 0 Å². The zero-order chi connectivity index (χ0) is 7.56. The minimum Gasteiger partial charge on any atom is -0.115 e. The van der Waals surface area contributed by atoms with Gasteiger partial charge in [0.2, 0.25) is 0 Å². The summed E-state index contributed by atoms with van der Waals surface area (Å²) < 4.78 is 0.993. The molecule has 1 aromatic carbocycles. The highest BCUT2D eigenvalue weighted by molar-refractivity contribution is 9.10. The van der Waals surface area contributed by atoms with Crippen molar-refractivity contribution in [2.24, 2.45) is 0 Å².